The lowest BCUT2D eigenvalue weighted by Gasteiger charge is -2.46. The highest BCUT2D eigenvalue weighted by Crippen LogP contribution is 2.68. The summed E-state index contributed by atoms with van der Waals surface area (Å²) in [7, 11) is 1.41. The van der Waals surface area contributed by atoms with Crippen molar-refractivity contribution in [2.75, 3.05) is 7.11 Å². The van der Waals surface area contributed by atoms with Crippen molar-refractivity contribution >= 4 is 45.8 Å². The molecule has 2 aromatic carbocycles. The molecule has 3 aromatic rings. The first-order chi connectivity index (χ1) is 23.7. The summed E-state index contributed by atoms with van der Waals surface area (Å²) in [5.74, 6) is -2.28. The Morgan fingerprint density at radius 1 is 0.745 bits per heavy atom. The Balaban J connectivity index is 1.33. The van der Waals surface area contributed by atoms with Gasteiger partial charge in [-0.05, 0) is 65.5 Å². The molecule has 8 rings (SSSR count). The number of carbonyl (C=O) groups excluding carboxylic acids is 4. The van der Waals surface area contributed by atoms with E-state index >= 15 is 0 Å². The van der Waals surface area contributed by atoms with Crippen molar-refractivity contribution in [1.82, 2.24) is 0 Å². The number of carbonyl (C=O) groups is 4. The van der Waals surface area contributed by atoms with Crippen LogP contribution in [0.25, 0.3) is 21.9 Å². The van der Waals surface area contributed by atoms with E-state index in [1.165, 1.54) is 13.2 Å². The summed E-state index contributed by atoms with van der Waals surface area (Å²) in [6.07, 6.45) is -1.52. The maximum atomic E-state index is 14.7. The zero-order valence-electron chi connectivity index (χ0n) is 30.3. The fourth-order valence-electron chi connectivity index (χ4n) is 9.46. The topological polar surface area (TPSA) is 154 Å². The average molecular weight is 703 g/mol. The molecule has 0 radical (unpaired) electrons. The van der Waals surface area contributed by atoms with E-state index in [-0.39, 0.29) is 46.5 Å². The Morgan fingerprint density at radius 3 is 1.80 bits per heavy atom. The molecule has 4 fully saturated rings. The molecule has 2 unspecified atom stereocenters. The minimum atomic E-state index is -1.64. The monoisotopic (exact) mass is 702 g/mol. The van der Waals surface area contributed by atoms with Gasteiger partial charge in [-0.15, -0.1) is 0 Å². The van der Waals surface area contributed by atoms with Gasteiger partial charge in [0.25, 0.3) is 0 Å². The van der Waals surface area contributed by atoms with Gasteiger partial charge in [-0.25, -0.2) is 9.59 Å². The quantitative estimate of drug-likeness (QED) is 0.178. The number of hydrogen-bond donors (Lipinski definition) is 0. The van der Waals surface area contributed by atoms with Crippen LogP contribution in [0, 0.1) is 21.7 Å². The van der Waals surface area contributed by atoms with E-state index in [0.29, 0.717) is 18.2 Å². The first-order valence-corrected chi connectivity index (χ1v) is 17.4. The second kappa shape index (κ2) is 9.83. The maximum Gasteiger partial charge on any atom is 0.351 e. The van der Waals surface area contributed by atoms with Crippen LogP contribution < -0.4 is 14.9 Å². The van der Waals surface area contributed by atoms with Crippen LogP contribution in [-0.2, 0) is 38.1 Å². The number of para-hydroxylation sites is 1. The van der Waals surface area contributed by atoms with Gasteiger partial charge in [0.05, 0.1) is 28.9 Å². The molecule has 0 spiro atoms. The summed E-state index contributed by atoms with van der Waals surface area (Å²) < 4.78 is 43.3. The van der Waals surface area contributed by atoms with Crippen molar-refractivity contribution < 1.29 is 52.0 Å². The Hall–Kier alpha value is -4.61. The molecule has 5 aliphatic rings. The van der Waals surface area contributed by atoms with E-state index in [9.17, 15) is 24.0 Å². The summed E-state index contributed by atoms with van der Waals surface area (Å²) in [4.78, 5) is 69.6. The van der Waals surface area contributed by atoms with Crippen LogP contribution in [-0.4, -0.2) is 53.9 Å². The smallest absolute Gasteiger partial charge is 0.351 e. The fraction of sp³-hybridized carbons (Fsp3) is 0.564. The third-order valence-electron chi connectivity index (χ3n) is 13.9. The summed E-state index contributed by atoms with van der Waals surface area (Å²) in [6, 6.07) is 8.23. The lowest BCUT2D eigenvalue weighted by atomic mass is 9.66. The summed E-state index contributed by atoms with van der Waals surface area (Å²) in [5.41, 5.74) is -8.34. The second-order valence-electron chi connectivity index (χ2n) is 16.8. The van der Waals surface area contributed by atoms with Crippen molar-refractivity contribution in [2.45, 2.75) is 110 Å². The van der Waals surface area contributed by atoms with E-state index in [2.05, 4.69) is 0 Å². The maximum absolute atomic E-state index is 14.7. The van der Waals surface area contributed by atoms with Gasteiger partial charge in [-0.3, -0.25) is 14.4 Å². The zero-order valence-corrected chi connectivity index (χ0v) is 30.3. The Bertz CT molecular complexity index is 2180. The van der Waals surface area contributed by atoms with E-state index in [4.69, 9.17) is 32.8 Å². The van der Waals surface area contributed by atoms with Gasteiger partial charge in [0.15, 0.2) is 17.8 Å². The van der Waals surface area contributed by atoms with E-state index in [1.807, 2.05) is 27.7 Å². The molecule has 51 heavy (non-hydrogen) atoms. The summed E-state index contributed by atoms with van der Waals surface area (Å²) in [5, 5.41) is 0.369. The standard InChI is InChI=1S/C39H42O12/c1-33(2)28(48-32(44)39-17-15-37(8,30(42)51-39)35(39,5)6)27(47-31(43)38-16-14-36(7,29(41)50-38)34(38,3)4)24-22(49-33)18-21(45-9)23-25(40)19-12-10-11-13-20(19)46-26(23)24/h10-13,18,27-28H,14-17H2,1-9H3/t27-,28-,36?,37?,38-,39-/m1/s1. The molecule has 4 bridgehead atoms. The van der Waals surface area contributed by atoms with Crippen molar-refractivity contribution in [3.05, 3.63) is 46.1 Å². The molecule has 2 aliphatic carbocycles. The van der Waals surface area contributed by atoms with Gasteiger partial charge >= 0.3 is 23.9 Å². The van der Waals surface area contributed by atoms with Crippen molar-refractivity contribution in [2.24, 2.45) is 21.7 Å². The predicted octanol–water partition coefficient (Wildman–Crippen LogP) is 5.87. The van der Waals surface area contributed by atoms with Crippen LogP contribution in [0.15, 0.2) is 39.5 Å². The zero-order chi connectivity index (χ0) is 36.9. The second-order valence-corrected chi connectivity index (χ2v) is 16.8. The largest absolute Gasteiger partial charge is 0.496 e. The van der Waals surface area contributed by atoms with Gasteiger partial charge in [0.2, 0.25) is 16.6 Å². The average Bonchev–Trinajstić information content (AvgIpc) is 3.53. The van der Waals surface area contributed by atoms with Gasteiger partial charge < -0.3 is 32.8 Å². The number of fused-ring (bicyclic) bond motifs is 8. The first kappa shape index (κ1) is 33.5. The molecule has 12 heteroatoms. The van der Waals surface area contributed by atoms with Crippen molar-refractivity contribution in [1.29, 1.82) is 0 Å². The molecule has 2 saturated carbocycles. The highest BCUT2D eigenvalue weighted by molar-refractivity contribution is 5.98. The normalized spacial score (nSPS) is 34.8. The summed E-state index contributed by atoms with van der Waals surface area (Å²) in [6.45, 7) is 14.2. The molecule has 4 heterocycles. The lowest BCUT2D eigenvalue weighted by molar-refractivity contribution is -0.217. The van der Waals surface area contributed by atoms with Gasteiger partial charge in [-0.1, -0.05) is 39.8 Å². The molecule has 2 saturated heterocycles. The fourth-order valence-corrected chi connectivity index (χ4v) is 9.46. The van der Waals surface area contributed by atoms with Crippen molar-refractivity contribution in [3.8, 4) is 11.5 Å². The van der Waals surface area contributed by atoms with Crippen LogP contribution in [0.1, 0.15) is 92.7 Å². The molecule has 3 aliphatic heterocycles. The van der Waals surface area contributed by atoms with Gasteiger partial charge in [0, 0.05) is 16.9 Å². The molecule has 0 amide bonds. The minimum absolute atomic E-state index is 0.0121. The third kappa shape index (κ3) is 3.73. The van der Waals surface area contributed by atoms with E-state index in [1.54, 1.807) is 52.0 Å². The van der Waals surface area contributed by atoms with Crippen LogP contribution >= 0.6 is 0 Å². The van der Waals surface area contributed by atoms with Crippen molar-refractivity contribution in [3.63, 3.8) is 0 Å². The minimum Gasteiger partial charge on any atom is -0.496 e. The van der Waals surface area contributed by atoms with Crippen LogP contribution in [0.3, 0.4) is 0 Å². The molecule has 1 aromatic heterocycles. The van der Waals surface area contributed by atoms with E-state index < -0.39 is 80.0 Å². The Labute approximate surface area is 294 Å². The van der Waals surface area contributed by atoms with E-state index in [0.717, 1.165) is 0 Å². The highest BCUT2D eigenvalue weighted by Gasteiger charge is 2.78. The van der Waals surface area contributed by atoms with Gasteiger partial charge in [-0.2, -0.15) is 0 Å². The first-order valence-electron chi connectivity index (χ1n) is 17.4. The SMILES string of the molecule is COc1cc2c(c3oc4ccccc4c(=O)c13)[C@@H](OC(=O)[C@@]13CCC(C)(C(=O)O1)C3(C)C)[C@@H](OC(=O)[C@@]13CCC(C)(C(=O)O1)C3(C)C)C(C)(C)O2. The van der Waals surface area contributed by atoms with Gasteiger partial charge in [0.1, 0.15) is 28.1 Å². The molecule has 270 valence electrons. The molecular weight excluding hydrogens is 660 g/mol. The molecular formula is C39H42O12. The number of hydrogen-bond acceptors (Lipinski definition) is 12. The highest BCUT2D eigenvalue weighted by atomic mass is 16.7. The lowest BCUT2D eigenvalue weighted by Crippen LogP contribution is -2.57. The number of rotatable bonds is 5. The number of benzene rings is 2. The Kier molecular flexibility index (Phi) is 6.46. The number of ether oxygens (including phenoxy) is 6. The Morgan fingerprint density at radius 2 is 1.29 bits per heavy atom. The van der Waals surface area contributed by atoms with Crippen LogP contribution in [0.4, 0.5) is 0 Å². The molecule has 6 atom stereocenters. The number of methoxy groups -OCH3 is 1. The van der Waals surface area contributed by atoms with Crippen LogP contribution in [0.5, 0.6) is 11.5 Å². The molecule has 12 nitrogen and oxygen atoms in total. The number of esters is 4. The molecule has 0 N–H and O–H groups in total. The predicted molar refractivity (Wildman–Crippen MR) is 180 cm³/mol. The third-order valence-corrected chi connectivity index (χ3v) is 13.9. The van der Waals surface area contributed by atoms with Crippen LogP contribution in [0.2, 0.25) is 0 Å². The summed E-state index contributed by atoms with van der Waals surface area (Å²) >= 11 is 0.